The van der Waals surface area contributed by atoms with Gasteiger partial charge in [-0.1, -0.05) is 35.0 Å². The van der Waals surface area contributed by atoms with Crippen LogP contribution >= 0.6 is 0 Å². The summed E-state index contributed by atoms with van der Waals surface area (Å²) in [4.78, 5) is 19.8. The third-order valence-corrected chi connectivity index (χ3v) is 5.03. The van der Waals surface area contributed by atoms with Crippen LogP contribution in [-0.2, 0) is 4.74 Å². The monoisotopic (exact) mass is 380 g/mol. The Morgan fingerprint density at radius 3 is 2.68 bits per heavy atom. The van der Waals surface area contributed by atoms with Crippen molar-refractivity contribution in [2.45, 2.75) is 13.8 Å². The molecule has 0 spiro atoms. The first-order valence-electron chi connectivity index (χ1n) is 9.54. The van der Waals surface area contributed by atoms with Gasteiger partial charge in [0, 0.05) is 31.7 Å². The summed E-state index contributed by atoms with van der Waals surface area (Å²) in [7, 11) is 0. The van der Waals surface area contributed by atoms with Crippen LogP contribution in [-0.4, -0.2) is 60.3 Å². The molecule has 0 atom stereocenters. The van der Waals surface area contributed by atoms with Crippen LogP contribution in [0.25, 0.3) is 22.4 Å². The molecule has 0 bridgehead atoms. The fourth-order valence-electron chi connectivity index (χ4n) is 3.39. The summed E-state index contributed by atoms with van der Waals surface area (Å²) in [5.41, 5.74) is 4.39. The Bertz CT molecular complexity index is 975. The Balaban J connectivity index is 1.58. The van der Waals surface area contributed by atoms with Gasteiger partial charge in [0.1, 0.15) is 0 Å². The van der Waals surface area contributed by atoms with E-state index in [1.165, 1.54) is 5.56 Å². The highest BCUT2D eigenvalue weighted by atomic mass is 16.5. The number of carbonyl (C=O) groups is 1. The van der Waals surface area contributed by atoms with Crippen molar-refractivity contribution in [1.29, 1.82) is 0 Å². The molecule has 0 unspecified atom stereocenters. The molecule has 146 valence electrons. The molecule has 1 fully saturated rings. The Morgan fingerprint density at radius 1 is 1.18 bits per heavy atom. The van der Waals surface area contributed by atoms with Gasteiger partial charge in [-0.25, -0.2) is 4.98 Å². The lowest BCUT2D eigenvalue weighted by atomic mass is 10.0. The maximum absolute atomic E-state index is 12.9. The molecule has 1 amide bonds. The Hall–Kier alpha value is -2.77. The number of hydrogen-bond donors (Lipinski definition) is 1. The van der Waals surface area contributed by atoms with Gasteiger partial charge in [0.15, 0.2) is 0 Å². The van der Waals surface area contributed by atoms with Crippen molar-refractivity contribution in [3.05, 3.63) is 47.2 Å². The van der Waals surface area contributed by atoms with Crippen molar-refractivity contribution >= 4 is 17.0 Å². The zero-order valence-corrected chi connectivity index (χ0v) is 16.2. The number of nitrogens with one attached hydrogen (secondary N) is 1. The molecule has 0 aliphatic carbocycles. The van der Waals surface area contributed by atoms with Gasteiger partial charge in [-0.15, -0.1) is 0 Å². The second-order valence-corrected chi connectivity index (χ2v) is 7.08. The molecule has 1 aliphatic heterocycles. The predicted molar refractivity (Wildman–Crippen MR) is 106 cm³/mol. The molecule has 4 rings (SSSR count). The van der Waals surface area contributed by atoms with E-state index in [0.29, 0.717) is 34.6 Å². The molecule has 28 heavy (non-hydrogen) atoms. The number of fused-ring (bicyclic) bond motifs is 1. The lowest BCUT2D eigenvalue weighted by molar-refractivity contribution is 0.0383. The van der Waals surface area contributed by atoms with E-state index in [1.807, 2.05) is 44.2 Å². The molecule has 3 heterocycles. The van der Waals surface area contributed by atoms with Crippen LogP contribution in [0.15, 0.2) is 34.9 Å². The summed E-state index contributed by atoms with van der Waals surface area (Å²) in [5, 5.41) is 7.69. The molecule has 7 nitrogen and oxygen atoms in total. The molecule has 2 aromatic heterocycles. The predicted octanol–water partition coefficient (Wildman–Crippen LogP) is 2.57. The average Bonchev–Trinajstić information content (AvgIpc) is 3.09. The molecule has 7 heteroatoms. The van der Waals surface area contributed by atoms with Crippen molar-refractivity contribution in [2.24, 2.45) is 0 Å². The lowest BCUT2D eigenvalue weighted by Crippen LogP contribution is -2.41. The van der Waals surface area contributed by atoms with Gasteiger partial charge in [-0.05, 0) is 19.9 Å². The van der Waals surface area contributed by atoms with Crippen LogP contribution in [0, 0.1) is 13.8 Å². The largest absolute Gasteiger partial charge is 0.379 e. The SMILES string of the molecule is Cc1ccc(-c2cc(C(=O)NCCN3CCOCC3)c3c(C)noc3n2)cc1. The number of hydrogen-bond acceptors (Lipinski definition) is 6. The number of aryl methyl sites for hydroxylation is 2. The standard InChI is InChI=1S/C21H24N4O3/c1-14-3-5-16(6-4-14)18-13-17(19-15(2)24-28-21(19)23-18)20(26)22-7-8-25-9-11-27-12-10-25/h3-6,13H,7-12H2,1-2H3,(H,22,26). The van der Waals surface area contributed by atoms with Crippen LogP contribution in [0.1, 0.15) is 21.6 Å². The van der Waals surface area contributed by atoms with Gasteiger partial charge in [-0.3, -0.25) is 9.69 Å². The Kier molecular flexibility index (Phi) is 5.36. The first-order chi connectivity index (χ1) is 13.6. The second-order valence-electron chi connectivity index (χ2n) is 7.08. The Labute approximate surface area is 163 Å². The molecule has 0 radical (unpaired) electrons. The molecular weight excluding hydrogens is 356 g/mol. The topological polar surface area (TPSA) is 80.5 Å². The summed E-state index contributed by atoms with van der Waals surface area (Å²) >= 11 is 0. The third-order valence-electron chi connectivity index (χ3n) is 5.03. The highest BCUT2D eigenvalue weighted by molar-refractivity contribution is 6.07. The first kappa shape index (κ1) is 18.6. The summed E-state index contributed by atoms with van der Waals surface area (Å²) in [5.74, 6) is -0.139. The van der Waals surface area contributed by atoms with E-state index in [9.17, 15) is 4.79 Å². The highest BCUT2D eigenvalue weighted by Gasteiger charge is 2.19. The van der Waals surface area contributed by atoms with Gasteiger partial charge in [0.05, 0.1) is 35.6 Å². The number of pyridine rings is 1. The maximum atomic E-state index is 12.9. The van der Waals surface area contributed by atoms with E-state index < -0.39 is 0 Å². The number of aromatic nitrogens is 2. The number of carbonyl (C=O) groups excluding carboxylic acids is 1. The van der Waals surface area contributed by atoms with Gasteiger partial charge in [-0.2, -0.15) is 0 Å². The van der Waals surface area contributed by atoms with E-state index in [4.69, 9.17) is 9.26 Å². The number of morpholine rings is 1. The smallest absolute Gasteiger partial charge is 0.259 e. The summed E-state index contributed by atoms with van der Waals surface area (Å²) in [6, 6.07) is 9.85. The zero-order chi connectivity index (χ0) is 19.5. The molecule has 1 saturated heterocycles. The van der Waals surface area contributed by atoms with Gasteiger partial charge >= 0.3 is 0 Å². The number of benzene rings is 1. The molecule has 0 saturated carbocycles. The van der Waals surface area contributed by atoms with Crippen LogP contribution in [0.2, 0.25) is 0 Å². The molecule has 1 aliphatic rings. The number of amides is 1. The van der Waals surface area contributed by atoms with Crippen molar-refractivity contribution in [2.75, 3.05) is 39.4 Å². The number of nitrogens with zero attached hydrogens (tertiary/aromatic N) is 3. The van der Waals surface area contributed by atoms with Crippen LogP contribution in [0.5, 0.6) is 0 Å². The molecule has 3 aromatic rings. The lowest BCUT2D eigenvalue weighted by Gasteiger charge is -2.26. The van der Waals surface area contributed by atoms with Gasteiger partial charge in [0.25, 0.3) is 11.6 Å². The third kappa shape index (κ3) is 3.90. The minimum atomic E-state index is -0.139. The summed E-state index contributed by atoms with van der Waals surface area (Å²) in [6.07, 6.45) is 0. The highest BCUT2D eigenvalue weighted by Crippen LogP contribution is 2.27. The van der Waals surface area contributed by atoms with Crippen molar-refractivity contribution in [1.82, 2.24) is 20.4 Å². The van der Waals surface area contributed by atoms with Crippen molar-refractivity contribution < 1.29 is 14.1 Å². The number of rotatable bonds is 5. The molecular formula is C21H24N4O3. The van der Waals surface area contributed by atoms with Gasteiger partial charge < -0.3 is 14.6 Å². The van der Waals surface area contributed by atoms with E-state index in [-0.39, 0.29) is 5.91 Å². The molecule has 1 aromatic carbocycles. The van der Waals surface area contributed by atoms with E-state index in [2.05, 4.69) is 20.4 Å². The van der Waals surface area contributed by atoms with E-state index in [0.717, 1.165) is 38.4 Å². The zero-order valence-electron chi connectivity index (χ0n) is 16.2. The van der Waals surface area contributed by atoms with E-state index >= 15 is 0 Å². The van der Waals surface area contributed by atoms with E-state index in [1.54, 1.807) is 0 Å². The number of ether oxygens (including phenoxy) is 1. The average molecular weight is 380 g/mol. The first-order valence-corrected chi connectivity index (χ1v) is 9.54. The minimum Gasteiger partial charge on any atom is -0.379 e. The van der Waals surface area contributed by atoms with Crippen LogP contribution in [0.3, 0.4) is 0 Å². The second kappa shape index (κ2) is 8.08. The van der Waals surface area contributed by atoms with Gasteiger partial charge in [0.2, 0.25) is 0 Å². The quantitative estimate of drug-likeness (QED) is 0.733. The van der Waals surface area contributed by atoms with Crippen molar-refractivity contribution in [3.8, 4) is 11.3 Å². The summed E-state index contributed by atoms with van der Waals surface area (Å²) < 4.78 is 10.7. The maximum Gasteiger partial charge on any atom is 0.259 e. The normalized spacial score (nSPS) is 15.1. The van der Waals surface area contributed by atoms with Crippen LogP contribution in [0.4, 0.5) is 0 Å². The minimum absolute atomic E-state index is 0.139. The fraction of sp³-hybridized carbons (Fsp3) is 0.381. The van der Waals surface area contributed by atoms with Crippen molar-refractivity contribution in [3.63, 3.8) is 0 Å². The summed E-state index contributed by atoms with van der Waals surface area (Å²) in [6.45, 7) is 8.54. The molecule has 1 N–H and O–H groups in total. The Morgan fingerprint density at radius 2 is 1.93 bits per heavy atom. The van der Waals surface area contributed by atoms with Crippen LogP contribution < -0.4 is 5.32 Å². The fourth-order valence-corrected chi connectivity index (χ4v) is 3.39.